The number of aryl methyl sites for hydroxylation is 1. The van der Waals surface area contributed by atoms with Gasteiger partial charge in [0.15, 0.2) is 0 Å². The minimum atomic E-state index is 0.184. The summed E-state index contributed by atoms with van der Waals surface area (Å²) in [6.45, 7) is 9.00. The quantitative estimate of drug-likeness (QED) is 0.871. The number of amides is 1. The number of nitrogens with one attached hydrogen (secondary N) is 1. The highest BCUT2D eigenvalue weighted by atomic mass is 16.2. The maximum atomic E-state index is 12.3. The van der Waals surface area contributed by atoms with E-state index in [9.17, 15) is 4.79 Å². The topological polar surface area (TPSA) is 32.3 Å². The number of benzene rings is 1. The Hall–Kier alpha value is -1.35. The van der Waals surface area contributed by atoms with Gasteiger partial charge in [0.1, 0.15) is 0 Å². The number of likely N-dealkylation sites (tertiary alicyclic amines) is 1. The Bertz CT molecular complexity index is 455. The standard InChI is InChI=1S/C18H28N2O/c1-4-11-19-17(16-9-7-14(2)8-10-16)13-20-12-5-6-15(3)18(20)21/h7-10,15,17,19H,4-6,11-13H2,1-3H3. The van der Waals surface area contributed by atoms with Gasteiger partial charge in [0, 0.05) is 25.0 Å². The third-order valence-corrected chi connectivity index (χ3v) is 4.32. The van der Waals surface area contributed by atoms with E-state index in [1.54, 1.807) is 0 Å². The molecule has 1 aromatic carbocycles. The smallest absolute Gasteiger partial charge is 0.225 e. The predicted molar refractivity (Wildman–Crippen MR) is 87.2 cm³/mol. The van der Waals surface area contributed by atoms with Gasteiger partial charge in [0.05, 0.1) is 0 Å². The van der Waals surface area contributed by atoms with Crippen LogP contribution in [0.1, 0.15) is 50.3 Å². The number of carbonyl (C=O) groups is 1. The van der Waals surface area contributed by atoms with Crippen molar-refractivity contribution in [2.24, 2.45) is 5.92 Å². The van der Waals surface area contributed by atoms with Crippen molar-refractivity contribution in [1.82, 2.24) is 10.2 Å². The summed E-state index contributed by atoms with van der Waals surface area (Å²) in [6, 6.07) is 8.90. The van der Waals surface area contributed by atoms with Gasteiger partial charge in [-0.2, -0.15) is 0 Å². The van der Waals surface area contributed by atoms with Crippen LogP contribution in [0.3, 0.4) is 0 Å². The monoisotopic (exact) mass is 288 g/mol. The lowest BCUT2D eigenvalue weighted by Gasteiger charge is -2.34. The van der Waals surface area contributed by atoms with E-state index in [0.29, 0.717) is 5.91 Å². The molecule has 0 radical (unpaired) electrons. The Morgan fingerprint density at radius 2 is 2.05 bits per heavy atom. The van der Waals surface area contributed by atoms with Crippen LogP contribution in [0.5, 0.6) is 0 Å². The van der Waals surface area contributed by atoms with Gasteiger partial charge in [0.25, 0.3) is 0 Å². The predicted octanol–water partition coefficient (Wildman–Crippen LogP) is 3.29. The highest BCUT2D eigenvalue weighted by Gasteiger charge is 2.27. The lowest BCUT2D eigenvalue weighted by molar-refractivity contribution is -0.138. The Labute approximate surface area is 128 Å². The zero-order valence-electron chi connectivity index (χ0n) is 13.6. The molecule has 0 spiro atoms. The number of hydrogen-bond acceptors (Lipinski definition) is 2. The highest BCUT2D eigenvalue weighted by molar-refractivity contribution is 5.79. The van der Waals surface area contributed by atoms with Crippen molar-refractivity contribution in [1.29, 1.82) is 0 Å². The van der Waals surface area contributed by atoms with E-state index in [-0.39, 0.29) is 12.0 Å². The Kier molecular flexibility index (Phi) is 5.80. The van der Waals surface area contributed by atoms with E-state index >= 15 is 0 Å². The summed E-state index contributed by atoms with van der Waals surface area (Å²) in [5.74, 6) is 0.500. The number of nitrogens with zero attached hydrogens (tertiary/aromatic N) is 1. The molecule has 1 fully saturated rings. The molecular formula is C18H28N2O. The summed E-state index contributed by atoms with van der Waals surface area (Å²) >= 11 is 0. The molecule has 0 aliphatic carbocycles. The summed E-state index contributed by atoms with van der Waals surface area (Å²) in [5, 5.41) is 3.59. The molecule has 3 nitrogen and oxygen atoms in total. The molecule has 1 aliphatic heterocycles. The maximum absolute atomic E-state index is 12.3. The summed E-state index contributed by atoms with van der Waals surface area (Å²) < 4.78 is 0. The van der Waals surface area contributed by atoms with Crippen molar-refractivity contribution in [3.05, 3.63) is 35.4 Å². The van der Waals surface area contributed by atoms with E-state index in [1.807, 2.05) is 4.90 Å². The Balaban J connectivity index is 2.08. The fraction of sp³-hybridized carbons (Fsp3) is 0.611. The van der Waals surface area contributed by atoms with Crippen molar-refractivity contribution < 1.29 is 4.79 Å². The molecule has 2 rings (SSSR count). The van der Waals surface area contributed by atoms with Crippen LogP contribution in [0.4, 0.5) is 0 Å². The fourth-order valence-electron chi connectivity index (χ4n) is 2.94. The maximum Gasteiger partial charge on any atom is 0.225 e. The first kappa shape index (κ1) is 16.0. The van der Waals surface area contributed by atoms with Gasteiger partial charge in [-0.15, -0.1) is 0 Å². The van der Waals surface area contributed by atoms with Crippen LogP contribution in [0.2, 0.25) is 0 Å². The van der Waals surface area contributed by atoms with Crippen LogP contribution >= 0.6 is 0 Å². The van der Waals surface area contributed by atoms with Crippen LogP contribution in [-0.2, 0) is 4.79 Å². The summed E-state index contributed by atoms with van der Waals surface area (Å²) in [4.78, 5) is 14.4. The second kappa shape index (κ2) is 7.60. The van der Waals surface area contributed by atoms with Crippen molar-refractivity contribution in [3.63, 3.8) is 0 Å². The molecule has 0 bridgehead atoms. The Morgan fingerprint density at radius 3 is 2.71 bits per heavy atom. The minimum absolute atomic E-state index is 0.184. The molecule has 21 heavy (non-hydrogen) atoms. The minimum Gasteiger partial charge on any atom is -0.341 e. The third-order valence-electron chi connectivity index (χ3n) is 4.32. The first-order valence-electron chi connectivity index (χ1n) is 8.20. The van der Waals surface area contributed by atoms with E-state index in [1.165, 1.54) is 11.1 Å². The van der Waals surface area contributed by atoms with Gasteiger partial charge in [-0.1, -0.05) is 43.7 Å². The molecule has 1 amide bonds. The van der Waals surface area contributed by atoms with Crippen molar-refractivity contribution >= 4 is 5.91 Å². The Morgan fingerprint density at radius 1 is 1.33 bits per heavy atom. The first-order valence-corrected chi connectivity index (χ1v) is 8.20. The molecule has 1 saturated heterocycles. The number of rotatable bonds is 6. The zero-order chi connectivity index (χ0) is 15.2. The summed E-state index contributed by atoms with van der Waals surface area (Å²) in [5.41, 5.74) is 2.55. The lowest BCUT2D eigenvalue weighted by Crippen LogP contribution is -2.44. The van der Waals surface area contributed by atoms with Gasteiger partial charge in [-0.25, -0.2) is 0 Å². The number of hydrogen-bond donors (Lipinski definition) is 1. The van der Waals surface area contributed by atoms with Crippen LogP contribution in [0.15, 0.2) is 24.3 Å². The first-order chi connectivity index (χ1) is 10.1. The van der Waals surface area contributed by atoms with Crippen LogP contribution in [-0.4, -0.2) is 30.4 Å². The van der Waals surface area contributed by atoms with Crippen LogP contribution in [0.25, 0.3) is 0 Å². The average molecular weight is 288 g/mol. The molecule has 116 valence electrons. The molecular weight excluding hydrogens is 260 g/mol. The van der Waals surface area contributed by atoms with E-state index in [4.69, 9.17) is 0 Å². The number of carbonyl (C=O) groups excluding carboxylic acids is 1. The average Bonchev–Trinajstić information content (AvgIpc) is 2.49. The normalized spacial score (nSPS) is 20.6. The van der Waals surface area contributed by atoms with Gasteiger partial charge in [0.2, 0.25) is 5.91 Å². The molecule has 3 heteroatoms. The third kappa shape index (κ3) is 4.31. The molecule has 1 heterocycles. The molecule has 1 aliphatic rings. The highest BCUT2D eigenvalue weighted by Crippen LogP contribution is 2.21. The molecule has 1 aromatic rings. The molecule has 2 atom stereocenters. The van der Waals surface area contributed by atoms with E-state index < -0.39 is 0 Å². The van der Waals surface area contributed by atoms with Gasteiger partial charge in [-0.3, -0.25) is 4.79 Å². The fourth-order valence-corrected chi connectivity index (χ4v) is 2.94. The van der Waals surface area contributed by atoms with Gasteiger partial charge < -0.3 is 10.2 Å². The summed E-state index contributed by atoms with van der Waals surface area (Å²) in [7, 11) is 0. The largest absolute Gasteiger partial charge is 0.341 e. The molecule has 2 unspecified atom stereocenters. The summed E-state index contributed by atoms with van der Waals surface area (Å²) in [6.07, 6.45) is 3.26. The van der Waals surface area contributed by atoms with Crippen LogP contribution in [0, 0.1) is 12.8 Å². The molecule has 0 saturated carbocycles. The SMILES string of the molecule is CCCNC(CN1CCCC(C)C1=O)c1ccc(C)cc1. The van der Waals surface area contributed by atoms with E-state index in [0.717, 1.165) is 38.9 Å². The van der Waals surface area contributed by atoms with Gasteiger partial charge >= 0.3 is 0 Å². The lowest BCUT2D eigenvalue weighted by atomic mass is 9.97. The second-order valence-corrected chi connectivity index (χ2v) is 6.24. The van der Waals surface area contributed by atoms with E-state index in [2.05, 4.69) is 50.4 Å². The molecule has 1 N–H and O–H groups in total. The number of piperidine rings is 1. The van der Waals surface area contributed by atoms with Crippen molar-refractivity contribution in [2.45, 2.75) is 46.1 Å². The van der Waals surface area contributed by atoms with Crippen molar-refractivity contribution in [2.75, 3.05) is 19.6 Å². The van der Waals surface area contributed by atoms with Crippen molar-refractivity contribution in [3.8, 4) is 0 Å². The molecule has 0 aromatic heterocycles. The van der Waals surface area contributed by atoms with Crippen LogP contribution < -0.4 is 5.32 Å². The van der Waals surface area contributed by atoms with Gasteiger partial charge in [-0.05, 0) is 38.3 Å². The second-order valence-electron chi connectivity index (χ2n) is 6.24. The zero-order valence-corrected chi connectivity index (χ0v) is 13.6.